The summed E-state index contributed by atoms with van der Waals surface area (Å²) in [7, 11) is 0. The lowest BCUT2D eigenvalue weighted by molar-refractivity contribution is -0.184. The van der Waals surface area contributed by atoms with E-state index in [0.29, 0.717) is 18.7 Å². The molecule has 6 nitrogen and oxygen atoms in total. The molecular weight excluding hydrogens is 387 g/mol. The predicted molar refractivity (Wildman–Crippen MR) is 101 cm³/mol. The average molecular weight is 411 g/mol. The zero-order valence-electron chi connectivity index (χ0n) is 16.2. The van der Waals surface area contributed by atoms with E-state index in [0.717, 1.165) is 19.3 Å². The molecule has 1 atom stereocenters. The van der Waals surface area contributed by atoms with E-state index in [-0.39, 0.29) is 22.0 Å². The van der Waals surface area contributed by atoms with Crippen LogP contribution in [0.3, 0.4) is 0 Å². The third-order valence-corrected chi connectivity index (χ3v) is 5.97. The molecule has 4 aliphatic rings. The Balaban J connectivity index is 1.32. The van der Waals surface area contributed by atoms with E-state index < -0.39 is 23.6 Å². The Morgan fingerprint density at radius 3 is 2.61 bits per heavy atom. The van der Waals surface area contributed by atoms with Crippen LogP contribution in [-0.2, 0) is 9.53 Å². The lowest BCUT2D eigenvalue weighted by Crippen LogP contribution is -2.84. The number of halogens is 2. The molecule has 1 heterocycles. The fourth-order valence-electron chi connectivity index (χ4n) is 4.62. The summed E-state index contributed by atoms with van der Waals surface area (Å²) in [6, 6.07) is 4.16. The number of alkyl carbamates (subject to hydrolysis) is 1. The first-order valence-electron chi connectivity index (χ1n) is 9.45. The van der Waals surface area contributed by atoms with Crippen molar-refractivity contribution in [3.8, 4) is 5.75 Å². The van der Waals surface area contributed by atoms with E-state index >= 15 is 0 Å². The fourth-order valence-corrected chi connectivity index (χ4v) is 4.74. The third kappa shape index (κ3) is 3.30. The van der Waals surface area contributed by atoms with E-state index in [1.165, 1.54) is 12.1 Å². The summed E-state index contributed by atoms with van der Waals surface area (Å²) < 4.78 is 24.6. The molecular formula is C20H24ClFN2O4. The lowest BCUT2D eigenvalue weighted by Gasteiger charge is -2.72. The molecule has 2 amide bonds. The van der Waals surface area contributed by atoms with Crippen LogP contribution >= 0.6 is 11.6 Å². The highest BCUT2D eigenvalue weighted by molar-refractivity contribution is 6.30. The molecule has 5 rings (SSSR count). The summed E-state index contributed by atoms with van der Waals surface area (Å²) >= 11 is 5.68. The minimum atomic E-state index is -0.621. The highest BCUT2D eigenvalue weighted by Gasteiger charge is 2.73. The number of hydrogen-bond donors (Lipinski definition) is 1. The van der Waals surface area contributed by atoms with E-state index in [1.807, 2.05) is 25.7 Å². The van der Waals surface area contributed by atoms with Gasteiger partial charge < -0.3 is 19.7 Å². The van der Waals surface area contributed by atoms with Gasteiger partial charge in [0.05, 0.1) is 10.6 Å². The molecule has 8 heteroatoms. The monoisotopic (exact) mass is 410 g/mol. The molecule has 0 spiro atoms. The normalized spacial score (nSPS) is 31.1. The van der Waals surface area contributed by atoms with E-state index in [9.17, 15) is 14.0 Å². The van der Waals surface area contributed by atoms with Crippen LogP contribution in [0.4, 0.5) is 9.18 Å². The van der Waals surface area contributed by atoms with E-state index in [4.69, 9.17) is 21.1 Å². The quantitative estimate of drug-likeness (QED) is 0.822. The molecule has 0 radical (unpaired) electrons. The number of benzene rings is 1. The van der Waals surface area contributed by atoms with Crippen LogP contribution in [0.25, 0.3) is 0 Å². The largest absolute Gasteiger partial charge is 0.480 e. The molecule has 3 saturated carbocycles. The van der Waals surface area contributed by atoms with Crippen molar-refractivity contribution in [3.05, 3.63) is 29.0 Å². The Morgan fingerprint density at radius 2 is 2.00 bits per heavy atom. The number of nitrogens with one attached hydrogen (secondary N) is 1. The van der Waals surface area contributed by atoms with Crippen molar-refractivity contribution in [2.24, 2.45) is 0 Å². The van der Waals surface area contributed by atoms with Crippen molar-refractivity contribution < 1.29 is 23.5 Å². The van der Waals surface area contributed by atoms with Gasteiger partial charge in [0.15, 0.2) is 6.10 Å². The molecule has 4 fully saturated rings. The number of carbonyl (C=O) groups is 2. The van der Waals surface area contributed by atoms with Gasteiger partial charge in [0.2, 0.25) is 0 Å². The SMILES string of the molecule is CC(C)(C)OC(=O)NC12CC(N3CCC(Oc4ccc(Cl)c(F)c4)C3=O)(C1)C2. The van der Waals surface area contributed by atoms with E-state index in [2.05, 4.69) is 5.32 Å². The van der Waals surface area contributed by atoms with Gasteiger partial charge >= 0.3 is 6.09 Å². The number of amides is 2. The second-order valence-corrected chi connectivity index (χ2v) is 9.53. The maximum Gasteiger partial charge on any atom is 0.408 e. The van der Waals surface area contributed by atoms with Crippen LogP contribution in [0.15, 0.2) is 18.2 Å². The third-order valence-electron chi connectivity index (χ3n) is 5.67. The van der Waals surface area contributed by atoms with Gasteiger partial charge in [-0.1, -0.05) is 11.6 Å². The summed E-state index contributed by atoms with van der Waals surface area (Å²) in [5.74, 6) is -0.361. The Morgan fingerprint density at radius 1 is 1.32 bits per heavy atom. The Kier molecular flexibility index (Phi) is 4.30. The number of rotatable bonds is 4. The minimum absolute atomic E-state index is 0.0170. The minimum Gasteiger partial charge on any atom is -0.480 e. The Hall–Kier alpha value is -2.02. The van der Waals surface area contributed by atoms with Gasteiger partial charge in [-0.05, 0) is 52.2 Å². The van der Waals surface area contributed by atoms with Crippen LogP contribution in [0.1, 0.15) is 46.5 Å². The second kappa shape index (κ2) is 6.24. The molecule has 28 heavy (non-hydrogen) atoms. The molecule has 0 aromatic heterocycles. The number of nitrogens with zero attached hydrogens (tertiary/aromatic N) is 1. The Labute approximate surface area is 168 Å². The number of likely N-dealkylation sites (tertiary alicyclic amines) is 1. The number of ether oxygens (including phenoxy) is 2. The van der Waals surface area contributed by atoms with Crippen molar-refractivity contribution in [2.45, 2.75) is 69.2 Å². The summed E-state index contributed by atoms with van der Waals surface area (Å²) in [5.41, 5.74) is -1.00. The fraction of sp³-hybridized carbons (Fsp3) is 0.600. The highest BCUT2D eigenvalue weighted by Crippen LogP contribution is 2.64. The van der Waals surface area contributed by atoms with Gasteiger partial charge in [0, 0.05) is 24.6 Å². The van der Waals surface area contributed by atoms with Crippen molar-refractivity contribution >= 4 is 23.6 Å². The maximum atomic E-state index is 13.6. The van der Waals surface area contributed by atoms with E-state index in [1.54, 1.807) is 6.07 Å². The van der Waals surface area contributed by atoms with Crippen molar-refractivity contribution in [1.82, 2.24) is 10.2 Å². The molecule has 1 unspecified atom stereocenters. The molecule has 1 saturated heterocycles. The van der Waals surface area contributed by atoms with Gasteiger partial charge in [0.1, 0.15) is 17.2 Å². The molecule has 152 valence electrons. The Bertz CT molecular complexity index is 818. The van der Waals surface area contributed by atoms with Gasteiger partial charge in [0.25, 0.3) is 5.91 Å². The predicted octanol–water partition coefficient (Wildman–Crippen LogP) is 3.66. The zero-order chi connectivity index (χ0) is 20.3. The topological polar surface area (TPSA) is 67.9 Å². The number of hydrogen-bond acceptors (Lipinski definition) is 4. The summed E-state index contributed by atoms with van der Waals surface area (Å²) in [6.45, 7) is 6.07. The first-order valence-corrected chi connectivity index (χ1v) is 9.83. The zero-order valence-corrected chi connectivity index (χ0v) is 16.9. The molecule has 1 N–H and O–H groups in total. The summed E-state index contributed by atoms with van der Waals surface area (Å²) in [5, 5.41) is 2.97. The van der Waals surface area contributed by atoms with Gasteiger partial charge in [-0.3, -0.25) is 4.79 Å². The average Bonchev–Trinajstić information content (AvgIpc) is 2.85. The van der Waals surface area contributed by atoms with Crippen LogP contribution < -0.4 is 10.1 Å². The van der Waals surface area contributed by atoms with Crippen molar-refractivity contribution in [1.29, 1.82) is 0 Å². The summed E-state index contributed by atoms with van der Waals surface area (Å²) in [4.78, 5) is 26.7. The first kappa shape index (κ1) is 19.3. The molecule has 2 bridgehead atoms. The number of carbonyl (C=O) groups excluding carboxylic acids is 2. The van der Waals surface area contributed by atoms with Crippen LogP contribution in [0.2, 0.25) is 5.02 Å². The molecule has 1 aliphatic heterocycles. The lowest BCUT2D eigenvalue weighted by atomic mass is 9.43. The molecule has 3 aliphatic carbocycles. The van der Waals surface area contributed by atoms with Gasteiger partial charge in [-0.15, -0.1) is 0 Å². The van der Waals surface area contributed by atoms with Crippen molar-refractivity contribution in [2.75, 3.05) is 6.54 Å². The maximum absolute atomic E-state index is 13.6. The van der Waals surface area contributed by atoms with Gasteiger partial charge in [-0.2, -0.15) is 0 Å². The summed E-state index contributed by atoms with van der Waals surface area (Å²) in [6.07, 6.45) is 1.70. The molecule has 1 aromatic rings. The van der Waals surface area contributed by atoms with Crippen LogP contribution in [0.5, 0.6) is 5.75 Å². The van der Waals surface area contributed by atoms with Crippen LogP contribution in [-0.4, -0.2) is 46.2 Å². The smallest absolute Gasteiger partial charge is 0.408 e. The van der Waals surface area contributed by atoms with Gasteiger partial charge in [-0.25, -0.2) is 9.18 Å². The van der Waals surface area contributed by atoms with Crippen molar-refractivity contribution in [3.63, 3.8) is 0 Å². The van der Waals surface area contributed by atoms with Crippen LogP contribution in [0, 0.1) is 5.82 Å². The first-order chi connectivity index (χ1) is 13.0. The highest BCUT2D eigenvalue weighted by atomic mass is 35.5. The second-order valence-electron chi connectivity index (χ2n) is 9.12. The standard InChI is InChI=1S/C20H24ClFN2O4/c1-18(2,3)28-17(26)23-19-9-20(10-19,11-19)24-7-6-15(16(24)25)27-12-4-5-13(21)14(22)8-12/h4-5,8,15H,6-7,9-11H2,1-3H3,(H,23,26). The molecule has 1 aromatic carbocycles.